The number of hydrogen-bond acceptors (Lipinski definition) is 3. The molecule has 0 saturated carbocycles. The summed E-state index contributed by atoms with van der Waals surface area (Å²) in [6.45, 7) is 6.72. The fraction of sp³-hybridized carbons (Fsp3) is 0.636. The highest BCUT2D eigenvalue weighted by atomic mass is 35.5. The Hall–Kier alpha value is -0.0900. The molecule has 0 aromatic carbocycles. The molecular formula is C11H18ClNOS. The molecule has 0 aliphatic rings. The van der Waals surface area contributed by atoms with E-state index in [1.165, 1.54) is 4.88 Å². The van der Waals surface area contributed by atoms with Gasteiger partial charge in [-0.05, 0) is 25.0 Å². The normalized spacial score (nSPS) is 15.6. The van der Waals surface area contributed by atoms with Crippen LogP contribution in [0.4, 0.5) is 0 Å². The minimum Gasteiger partial charge on any atom is -0.392 e. The molecule has 2 N–H and O–H groups in total. The van der Waals surface area contributed by atoms with Crippen molar-refractivity contribution >= 4 is 22.9 Å². The number of halogens is 1. The highest BCUT2D eigenvalue weighted by Crippen LogP contribution is 2.26. The van der Waals surface area contributed by atoms with Crippen LogP contribution in [-0.4, -0.2) is 17.8 Å². The van der Waals surface area contributed by atoms with E-state index in [9.17, 15) is 5.11 Å². The SMILES string of the molecule is CC(NCC(O)C(C)C)c1ccc(Cl)s1. The molecule has 4 heteroatoms. The van der Waals surface area contributed by atoms with Gasteiger partial charge in [0.1, 0.15) is 0 Å². The van der Waals surface area contributed by atoms with E-state index in [2.05, 4.69) is 12.2 Å². The smallest absolute Gasteiger partial charge is 0.0931 e. The summed E-state index contributed by atoms with van der Waals surface area (Å²) < 4.78 is 0.808. The third-order valence-electron chi connectivity index (χ3n) is 2.42. The molecule has 0 aliphatic carbocycles. The average Bonchev–Trinajstić information content (AvgIpc) is 2.60. The summed E-state index contributed by atoms with van der Waals surface area (Å²) in [5.41, 5.74) is 0. The van der Waals surface area contributed by atoms with Crippen molar-refractivity contribution in [2.45, 2.75) is 32.9 Å². The molecule has 0 aliphatic heterocycles. The zero-order valence-electron chi connectivity index (χ0n) is 9.33. The summed E-state index contributed by atoms with van der Waals surface area (Å²) in [5, 5.41) is 12.9. The molecule has 15 heavy (non-hydrogen) atoms. The highest BCUT2D eigenvalue weighted by Gasteiger charge is 2.12. The van der Waals surface area contributed by atoms with Crippen LogP contribution < -0.4 is 5.32 Å². The van der Waals surface area contributed by atoms with Crippen molar-refractivity contribution in [3.63, 3.8) is 0 Å². The zero-order chi connectivity index (χ0) is 11.4. The fourth-order valence-corrected chi connectivity index (χ4v) is 2.28. The van der Waals surface area contributed by atoms with E-state index in [0.717, 1.165) is 4.34 Å². The van der Waals surface area contributed by atoms with Gasteiger partial charge in [-0.3, -0.25) is 0 Å². The average molecular weight is 248 g/mol. The van der Waals surface area contributed by atoms with Crippen molar-refractivity contribution in [1.82, 2.24) is 5.32 Å². The summed E-state index contributed by atoms with van der Waals surface area (Å²) >= 11 is 7.44. The molecule has 1 heterocycles. The number of aliphatic hydroxyl groups is 1. The van der Waals surface area contributed by atoms with Crippen LogP contribution in [0.3, 0.4) is 0 Å². The minimum atomic E-state index is -0.289. The van der Waals surface area contributed by atoms with Gasteiger partial charge in [0.2, 0.25) is 0 Å². The minimum absolute atomic E-state index is 0.246. The van der Waals surface area contributed by atoms with Crippen molar-refractivity contribution in [2.75, 3.05) is 6.54 Å². The standard InChI is InChI=1S/C11H18ClNOS/c1-7(2)9(14)6-13-8(3)10-4-5-11(12)15-10/h4-5,7-9,13-14H,6H2,1-3H3. The Labute approximate surface area is 100 Å². The Balaban J connectivity index is 2.39. The van der Waals surface area contributed by atoms with Crippen molar-refractivity contribution in [3.05, 3.63) is 21.3 Å². The predicted octanol–water partition coefficient (Wildman–Crippen LogP) is 3.07. The molecule has 2 atom stereocenters. The molecule has 0 radical (unpaired) electrons. The molecule has 1 aromatic rings. The number of thiophene rings is 1. The maximum atomic E-state index is 9.64. The van der Waals surface area contributed by atoms with Crippen LogP contribution in [0.25, 0.3) is 0 Å². The van der Waals surface area contributed by atoms with Gasteiger partial charge in [0.25, 0.3) is 0 Å². The zero-order valence-corrected chi connectivity index (χ0v) is 10.9. The van der Waals surface area contributed by atoms with Crippen molar-refractivity contribution in [1.29, 1.82) is 0 Å². The molecule has 0 saturated heterocycles. The van der Waals surface area contributed by atoms with Crippen molar-refractivity contribution < 1.29 is 5.11 Å². The molecule has 0 fully saturated rings. The monoisotopic (exact) mass is 247 g/mol. The number of nitrogens with one attached hydrogen (secondary N) is 1. The van der Waals surface area contributed by atoms with E-state index < -0.39 is 0 Å². The summed E-state index contributed by atoms with van der Waals surface area (Å²) in [6, 6.07) is 4.17. The van der Waals surface area contributed by atoms with E-state index in [-0.39, 0.29) is 18.1 Å². The van der Waals surface area contributed by atoms with Gasteiger partial charge >= 0.3 is 0 Å². The van der Waals surface area contributed by atoms with E-state index in [0.29, 0.717) is 6.54 Å². The van der Waals surface area contributed by atoms with E-state index in [4.69, 9.17) is 11.6 Å². The first-order valence-corrected chi connectivity index (χ1v) is 6.37. The van der Waals surface area contributed by atoms with Gasteiger partial charge in [-0.1, -0.05) is 25.4 Å². The van der Waals surface area contributed by atoms with Crippen LogP contribution in [-0.2, 0) is 0 Å². The van der Waals surface area contributed by atoms with Gasteiger partial charge < -0.3 is 10.4 Å². The topological polar surface area (TPSA) is 32.3 Å². The summed E-state index contributed by atoms with van der Waals surface area (Å²) in [7, 11) is 0. The summed E-state index contributed by atoms with van der Waals surface area (Å²) in [4.78, 5) is 1.20. The quantitative estimate of drug-likeness (QED) is 0.838. The second-order valence-electron chi connectivity index (χ2n) is 4.08. The molecule has 86 valence electrons. The maximum absolute atomic E-state index is 9.64. The number of rotatable bonds is 5. The second-order valence-corrected chi connectivity index (χ2v) is 5.83. The molecule has 0 spiro atoms. The van der Waals surface area contributed by atoms with Crippen molar-refractivity contribution in [2.24, 2.45) is 5.92 Å². The summed E-state index contributed by atoms with van der Waals surface area (Å²) in [5.74, 6) is 0.289. The lowest BCUT2D eigenvalue weighted by Crippen LogP contribution is -2.31. The molecule has 2 unspecified atom stereocenters. The third-order valence-corrected chi connectivity index (χ3v) is 3.84. The Morgan fingerprint density at radius 3 is 2.53 bits per heavy atom. The van der Waals surface area contributed by atoms with E-state index in [1.807, 2.05) is 26.0 Å². The van der Waals surface area contributed by atoms with Gasteiger partial charge in [-0.2, -0.15) is 0 Å². The lowest BCUT2D eigenvalue weighted by atomic mass is 10.1. The first kappa shape index (κ1) is 13.0. The highest BCUT2D eigenvalue weighted by molar-refractivity contribution is 7.16. The van der Waals surface area contributed by atoms with Crippen LogP contribution >= 0.6 is 22.9 Å². The lowest BCUT2D eigenvalue weighted by Gasteiger charge is -2.18. The molecule has 0 amide bonds. The molecule has 2 nitrogen and oxygen atoms in total. The first-order chi connectivity index (χ1) is 7.00. The van der Waals surface area contributed by atoms with Gasteiger partial charge in [-0.15, -0.1) is 11.3 Å². The van der Waals surface area contributed by atoms with Gasteiger partial charge in [0.05, 0.1) is 10.4 Å². The first-order valence-electron chi connectivity index (χ1n) is 5.17. The van der Waals surface area contributed by atoms with E-state index in [1.54, 1.807) is 11.3 Å². The Morgan fingerprint density at radius 2 is 2.07 bits per heavy atom. The largest absolute Gasteiger partial charge is 0.392 e. The van der Waals surface area contributed by atoms with Crippen LogP contribution in [0.2, 0.25) is 4.34 Å². The van der Waals surface area contributed by atoms with Crippen molar-refractivity contribution in [3.8, 4) is 0 Å². The molecule has 1 rings (SSSR count). The second kappa shape index (κ2) is 5.85. The van der Waals surface area contributed by atoms with Gasteiger partial charge in [-0.25, -0.2) is 0 Å². The third kappa shape index (κ3) is 4.11. The predicted molar refractivity (Wildman–Crippen MR) is 66.6 cm³/mol. The number of aliphatic hydroxyl groups excluding tert-OH is 1. The van der Waals surface area contributed by atoms with Crippen LogP contribution in [0.5, 0.6) is 0 Å². The van der Waals surface area contributed by atoms with E-state index >= 15 is 0 Å². The van der Waals surface area contributed by atoms with Crippen LogP contribution in [0.1, 0.15) is 31.7 Å². The van der Waals surface area contributed by atoms with Crippen LogP contribution in [0, 0.1) is 5.92 Å². The van der Waals surface area contributed by atoms with Gasteiger partial charge in [0, 0.05) is 17.5 Å². The summed E-state index contributed by atoms with van der Waals surface area (Å²) in [6.07, 6.45) is -0.289. The Bertz CT molecular complexity index is 301. The Morgan fingerprint density at radius 1 is 1.40 bits per heavy atom. The van der Waals surface area contributed by atoms with Crippen LogP contribution in [0.15, 0.2) is 12.1 Å². The molecular weight excluding hydrogens is 230 g/mol. The van der Waals surface area contributed by atoms with Gasteiger partial charge in [0.15, 0.2) is 0 Å². The maximum Gasteiger partial charge on any atom is 0.0931 e. The lowest BCUT2D eigenvalue weighted by molar-refractivity contribution is 0.121. The molecule has 0 bridgehead atoms. The number of hydrogen-bond donors (Lipinski definition) is 2. The fourth-order valence-electron chi connectivity index (χ4n) is 1.19. The molecule has 1 aromatic heterocycles. The Kier molecular flexibility index (Phi) is 5.06.